The van der Waals surface area contributed by atoms with Gasteiger partial charge in [-0.1, -0.05) is 18.8 Å². The third kappa shape index (κ3) is 6.07. The van der Waals surface area contributed by atoms with Gasteiger partial charge in [-0.2, -0.15) is 4.31 Å². The van der Waals surface area contributed by atoms with Crippen LogP contribution in [0.25, 0.3) is 0 Å². The Labute approximate surface area is 197 Å². The van der Waals surface area contributed by atoms with Crippen LogP contribution in [0.15, 0.2) is 23.1 Å². The predicted octanol–water partition coefficient (Wildman–Crippen LogP) is 1.24. The Hall–Kier alpha value is -2.12. The van der Waals surface area contributed by atoms with Crippen molar-refractivity contribution in [1.29, 1.82) is 0 Å². The van der Waals surface area contributed by atoms with Crippen molar-refractivity contribution in [2.45, 2.75) is 43.7 Å². The highest BCUT2D eigenvalue weighted by molar-refractivity contribution is 7.89. The van der Waals surface area contributed by atoms with Gasteiger partial charge in [0.1, 0.15) is 16.7 Å². The van der Waals surface area contributed by atoms with Gasteiger partial charge in [0.15, 0.2) is 0 Å². The molecule has 3 atom stereocenters. The van der Waals surface area contributed by atoms with Gasteiger partial charge in [0, 0.05) is 37.0 Å². The number of fused-ring (bicyclic) bond motifs is 1. The zero-order valence-electron chi connectivity index (χ0n) is 20.1. The van der Waals surface area contributed by atoms with Crippen molar-refractivity contribution in [3.63, 3.8) is 0 Å². The van der Waals surface area contributed by atoms with E-state index in [4.69, 9.17) is 4.74 Å². The zero-order valence-corrected chi connectivity index (χ0v) is 20.9. The fourth-order valence-corrected chi connectivity index (χ4v) is 5.65. The summed E-state index contributed by atoms with van der Waals surface area (Å²) >= 11 is 0. The van der Waals surface area contributed by atoms with Gasteiger partial charge < -0.3 is 14.7 Å². The molecule has 0 bridgehead atoms. The molecule has 1 amide bonds. The molecule has 0 spiro atoms. The molecule has 2 aliphatic rings. The molecule has 1 saturated carbocycles. The molecule has 9 heteroatoms. The second kappa shape index (κ2) is 10.4. The van der Waals surface area contributed by atoms with Crippen LogP contribution in [-0.4, -0.2) is 93.1 Å². The fourth-order valence-electron chi connectivity index (χ4n) is 3.82. The van der Waals surface area contributed by atoms with Gasteiger partial charge in [-0.25, -0.2) is 8.42 Å². The lowest BCUT2D eigenvalue weighted by Gasteiger charge is -2.37. The van der Waals surface area contributed by atoms with Crippen molar-refractivity contribution < 1.29 is 23.1 Å². The highest BCUT2D eigenvalue weighted by atomic mass is 32.2. The van der Waals surface area contributed by atoms with E-state index in [0.29, 0.717) is 18.7 Å². The van der Waals surface area contributed by atoms with Crippen LogP contribution in [0, 0.1) is 23.7 Å². The highest BCUT2D eigenvalue weighted by Crippen LogP contribution is 2.35. The Bertz CT molecular complexity index is 1030. The summed E-state index contributed by atoms with van der Waals surface area (Å²) in [7, 11) is 1.72. The van der Waals surface area contributed by atoms with Crippen LogP contribution in [0.2, 0.25) is 0 Å². The first kappa shape index (κ1) is 25.5. The van der Waals surface area contributed by atoms with Crippen molar-refractivity contribution in [2.75, 3.05) is 47.4 Å². The molecule has 1 fully saturated rings. The van der Waals surface area contributed by atoms with Crippen LogP contribution < -0.4 is 4.74 Å². The SMILES string of the molecule is C[C@H]1CN([C@@H](C)CO)S(=O)(=O)c2ccc(C#CCN(C)C)cc2O[C@@H]1CN(C)C(=O)C1CC1. The van der Waals surface area contributed by atoms with E-state index >= 15 is 0 Å². The average Bonchev–Trinajstić information content (AvgIpc) is 3.60. The van der Waals surface area contributed by atoms with Crippen molar-refractivity contribution in [3.05, 3.63) is 23.8 Å². The lowest BCUT2D eigenvalue weighted by molar-refractivity contribution is -0.132. The maximum atomic E-state index is 13.5. The Kier molecular flexibility index (Phi) is 8.06. The maximum absolute atomic E-state index is 13.5. The normalized spacial score (nSPS) is 23.4. The number of aliphatic hydroxyl groups excluding tert-OH is 1. The van der Waals surface area contributed by atoms with Crippen LogP contribution >= 0.6 is 0 Å². The Morgan fingerprint density at radius 1 is 1.30 bits per heavy atom. The molecular formula is C24H35N3O5S. The molecular weight excluding hydrogens is 442 g/mol. The number of aliphatic hydroxyl groups is 1. The molecule has 0 radical (unpaired) electrons. The summed E-state index contributed by atoms with van der Waals surface area (Å²) in [6.07, 6.45) is 1.43. The largest absolute Gasteiger partial charge is 0.487 e. The molecule has 0 saturated heterocycles. The van der Waals surface area contributed by atoms with Crippen LogP contribution in [0.1, 0.15) is 32.3 Å². The Morgan fingerprint density at radius 3 is 2.61 bits per heavy atom. The smallest absolute Gasteiger partial charge is 0.247 e. The second-order valence-electron chi connectivity index (χ2n) is 9.43. The molecule has 1 aromatic rings. The summed E-state index contributed by atoms with van der Waals surface area (Å²) in [5, 5.41) is 9.74. The van der Waals surface area contributed by atoms with E-state index in [1.54, 1.807) is 31.0 Å². The lowest BCUT2D eigenvalue weighted by atomic mass is 10.0. The van der Waals surface area contributed by atoms with Gasteiger partial charge in [-0.3, -0.25) is 9.69 Å². The number of sulfonamides is 1. The van der Waals surface area contributed by atoms with Crippen molar-refractivity contribution in [1.82, 2.24) is 14.1 Å². The first-order chi connectivity index (χ1) is 15.5. The molecule has 33 heavy (non-hydrogen) atoms. The molecule has 1 aliphatic carbocycles. The van der Waals surface area contributed by atoms with Gasteiger partial charge in [-0.15, -0.1) is 0 Å². The minimum atomic E-state index is -3.90. The van der Waals surface area contributed by atoms with E-state index in [9.17, 15) is 18.3 Å². The molecule has 1 N–H and O–H groups in total. The summed E-state index contributed by atoms with van der Waals surface area (Å²) < 4.78 is 34.6. The van der Waals surface area contributed by atoms with E-state index in [1.807, 2.05) is 25.9 Å². The molecule has 1 aliphatic heterocycles. The van der Waals surface area contributed by atoms with Crippen molar-refractivity contribution in [2.24, 2.45) is 11.8 Å². The number of benzene rings is 1. The topological polar surface area (TPSA) is 90.4 Å². The summed E-state index contributed by atoms with van der Waals surface area (Å²) in [5.74, 6) is 6.33. The summed E-state index contributed by atoms with van der Waals surface area (Å²) in [6.45, 7) is 4.42. The third-order valence-electron chi connectivity index (χ3n) is 6.05. The van der Waals surface area contributed by atoms with Gasteiger partial charge >= 0.3 is 0 Å². The van der Waals surface area contributed by atoms with Crippen LogP contribution in [0.5, 0.6) is 5.75 Å². The van der Waals surface area contributed by atoms with Crippen LogP contribution in [-0.2, 0) is 14.8 Å². The second-order valence-corrected chi connectivity index (χ2v) is 11.3. The number of nitrogens with zero attached hydrogens (tertiary/aromatic N) is 3. The molecule has 182 valence electrons. The number of hydrogen-bond acceptors (Lipinski definition) is 6. The number of rotatable bonds is 6. The monoisotopic (exact) mass is 477 g/mol. The molecule has 0 aromatic heterocycles. The Morgan fingerprint density at radius 2 is 2.00 bits per heavy atom. The van der Waals surface area contributed by atoms with E-state index in [-0.39, 0.29) is 41.5 Å². The van der Waals surface area contributed by atoms with Crippen LogP contribution in [0.3, 0.4) is 0 Å². The maximum Gasteiger partial charge on any atom is 0.247 e. The molecule has 8 nitrogen and oxygen atoms in total. The highest BCUT2D eigenvalue weighted by Gasteiger charge is 2.39. The van der Waals surface area contributed by atoms with Crippen molar-refractivity contribution in [3.8, 4) is 17.6 Å². The van der Waals surface area contributed by atoms with Crippen molar-refractivity contribution >= 4 is 15.9 Å². The van der Waals surface area contributed by atoms with Gasteiger partial charge in [0.25, 0.3) is 0 Å². The first-order valence-electron chi connectivity index (χ1n) is 11.4. The van der Waals surface area contributed by atoms with E-state index in [1.165, 1.54) is 10.4 Å². The average molecular weight is 478 g/mol. The van der Waals surface area contributed by atoms with Crippen LogP contribution in [0.4, 0.5) is 0 Å². The lowest BCUT2D eigenvalue weighted by Crippen LogP contribution is -2.50. The standard InChI is InChI=1S/C24H35N3O5S/c1-17-14-27(18(2)16-28)33(30,31)23-11-8-19(7-6-12-25(3)4)13-21(23)32-22(17)15-26(5)24(29)20-9-10-20/h8,11,13,17-18,20,22,28H,9-10,12,14-16H2,1-5H3/t17-,18-,22+/m0/s1. The first-order valence-corrected chi connectivity index (χ1v) is 12.8. The summed E-state index contributed by atoms with van der Waals surface area (Å²) in [5.41, 5.74) is 0.655. The van der Waals surface area contributed by atoms with Gasteiger partial charge in [-0.05, 0) is 52.1 Å². The third-order valence-corrected chi connectivity index (χ3v) is 8.07. The number of carbonyl (C=O) groups is 1. The molecule has 1 aromatic carbocycles. The van der Waals surface area contributed by atoms with E-state index in [2.05, 4.69) is 11.8 Å². The summed E-state index contributed by atoms with van der Waals surface area (Å²) in [4.78, 5) is 16.2. The van der Waals surface area contributed by atoms with E-state index < -0.39 is 22.2 Å². The number of carbonyl (C=O) groups excluding carboxylic acids is 1. The zero-order chi connectivity index (χ0) is 24.3. The minimum Gasteiger partial charge on any atom is -0.487 e. The number of amides is 1. The van der Waals surface area contributed by atoms with Gasteiger partial charge in [0.05, 0.1) is 19.7 Å². The molecule has 1 heterocycles. The minimum absolute atomic E-state index is 0.0500. The van der Waals surface area contributed by atoms with Gasteiger partial charge in [0.2, 0.25) is 15.9 Å². The number of likely N-dealkylation sites (N-methyl/N-ethyl adjacent to an activating group) is 1. The molecule has 0 unspecified atom stereocenters. The summed E-state index contributed by atoms with van der Waals surface area (Å²) in [6, 6.07) is 4.26. The predicted molar refractivity (Wildman–Crippen MR) is 126 cm³/mol. The van der Waals surface area contributed by atoms with E-state index in [0.717, 1.165) is 12.8 Å². The quantitative estimate of drug-likeness (QED) is 0.620. The Balaban J connectivity index is 2.00. The number of hydrogen-bond donors (Lipinski definition) is 1. The molecule has 3 rings (SSSR count). The number of ether oxygens (including phenoxy) is 1. The fraction of sp³-hybridized carbons (Fsp3) is 0.625.